The average molecular weight is 369 g/mol. The maximum atomic E-state index is 13.6. The maximum absolute atomic E-state index is 13.6. The van der Waals surface area contributed by atoms with E-state index in [-0.39, 0.29) is 11.8 Å². The van der Waals surface area contributed by atoms with E-state index in [2.05, 4.69) is 16.8 Å². The molecule has 2 aromatic rings. The zero-order valence-electron chi connectivity index (χ0n) is 14.7. The van der Waals surface area contributed by atoms with E-state index in [0.717, 1.165) is 24.4 Å². The Morgan fingerprint density at radius 1 is 1.04 bits per heavy atom. The van der Waals surface area contributed by atoms with Crippen LogP contribution in [0.3, 0.4) is 0 Å². The molecule has 2 bridgehead atoms. The highest BCUT2D eigenvalue weighted by atomic mass is 35.5. The van der Waals surface area contributed by atoms with Gasteiger partial charge in [0, 0.05) is 35.8 Å². The van der Waals surface area contributed by atoms with Gasteiger partial charge in [-0.25, -0.2) is 0 Å². The highest BCUT2D eigenvalue weighted by molar-refractivity contribution is 6.31. The lowest BCUT2D eigenvalue weighted by molar-refractivity contribution is 0.0484. The number of rotatable bonds is 1. The summed E-state index contributed by atoms with van der Waals surface area (Å²) in [6.07, 6.45) is 2.41. The summed E-state index contributed by atoms with van der Waals surface area (Å²) in [6, 6.07) is 13.9. The second kappa shape index (κ2) is 6.08. The van der Waals surface area contributed by atoms with Gasteiger partial charge in [-0.3, -0.25) is 14.6 Å². The molecule has 2 aromatic carbocycles. The quantitative estimate of drug-likeness (QED) is 0.757. The number of ether oxygens (including phenoxy) is 1. The third-order valence-corrected chi connectivity index (χ3v) is 6.36. The van der Waals surface area contributed by atoms with Crippen LogP contribution in [0.1, 0.15) is 34.8 Å². The van der Waals surface area contributed by atoms with E-state index in [1.165, 1.54) is 12.8 Å². The van der Waals surface area contributed by atoms with Gasteiger partial charge in [-0.1, -0.05) is 29.8 Å². The smallest absolute Gasteiger partial charge is 0.188 e. The van der Waals surface area contributed by atoms with E-state index < -0.39 is 0 Å². The molecule has 0 aromatic heterocycles. The van der Waals surface area contributed by atoms with Crippen molar-refractivity contribution in [1.29, 1.82) is 0 Å². The van der Waals surface area contributed by atoms with Gasteiger partial charge in [0.05, 0.1) is 5.56 Å². The fourth-order valence-corrected chi connectivity index (χ4v) is 4.88. The van der Waals surface area contributed by atoms with Crippen molar-refractivity contribution < 1.29 is 9.53 Å². The first-order chi connectivity index (χ1) is 12.6. The number of likely N-dealkylation sites (N-methyl/N-ethyl adjacent to an activating group) is 1. The van der Waals surface area contributed by atoms with Crippen LogP contribution in [0.5, 0.6) is 11.5 Å². The number of hydrogen-bond donors (Lipinski definition) is 0. The molecule has 3 atom stereocenters. The number of benzene rings is 2. The summed E-state index contributed by atoms with van der Waals surface area (Å²) < 4.78 is 6.12. The Morgan fingerprint density at radius 2 is 1.77 bits per heavy atom. The van der Waals surface area contributed by atoms with Crippen molar-refractivity contribution in [3.63, 3.8) is 0 Å². The van der Waals surface area contributed by atoms with Gasteiger partial charge in [0.15, 0.2) is 5.78 Å². The summed E-state index contributed by atoms with van der Waals surface area (Å²) in [7, 11) is 2.21. The van der Waals surface area contributed by atoms with E-state index in [1.54, 1.807) is 18.2 Å². The zero-order valence-corrected chi connectivity index (χ0v) is 15.4. The Hall–Kier alpha value is -1.88. The van der Waals surface area contributed by atoms with Gasteiger partial charge in [0.25, 0.3) is 0 Å². The van der Waals surface area contributed by atoms with Crippen LogP contribution in [0.25, 0.3) is 0 Å². The fourth-order valence-electron chi connectivity index (χ4n) is 4.71. The van der Waals surface area contributed by atoms with E-state index in [9.17, 15) is 4.79 Å². The lowest BCUT2D eigenvalue weighted by Gasteiger charge is -2.42. The molecule has 0 N–H and O–H groups in total. The number of nitrogens with zero attached hydrogens (tertiary/aromatic N) is 2. The van der Waals surface area contributed by atoms with E-state index in [1.807, 2.05) is 24.3 Å². The lowest BCUT2D eigenvalue weighted by Crippen LogP contribution is -2.53. The van der Waals surface area contributed by atoms with Crippen LogP contribution >= 0.6 is 11.6 Å². The first-order valence-corrected chi connectivity index (χ1v) is 9.56. The number of carbonyl (C=O) groups is 1. The molecule has 2 fully saturated rings. The van der Waals surface area contributed by atoms with Gasteiger partial charge in [-0.2, -0.15) is 0 Å². The van der Waals surface area contributed by atoms with Gasteiger partial charge in [0.2, 0.25) is 0 Å². The molecular weight excluding hydrogens is 348 g/mol. The van der Waals surface area contributed by atoms with Crippen molar-refractivity contribution >= 4 is 17.4 Å². The number of Topliss-reactive ketones (excluding diaryl/α,β-unsaturated/α-hetero) is 1. The first kappa shape index (κ1) is 16.3. The molecule has 0 spiro atoms. The topological polar surface area (TPSA) is 32.8 Å². The fraction of sp³-hybridized carbons (Fsp3) is 0.381. The molecule has 0 radical (unpaired) electrons. The standard InChI is InChI=1S/C21H21ClN2O2/c1-23-14-7-8-15(23)12-24(11-14)20-16-4-2-3-5-18(16)26-19-9-6-13(22)10-17(19)21(20)25/h2-6,9-10,14-15,20H,7-8,11-12H2,1H3. The van der Waals surface area contributed by atoms with Gasteiger partial charge in [-0.05, 0) is 44.2 Å². The number of fused-ring (bicyclic) bond motifs is 4. The van der Waals surface area contributed by atoms with E-state index in [4.69, 9.17) is 16.3 Å². The molecule has 3 aliphatic heterocycles. The number of halogens is 1. The van der Waals surface area contributed by atoms with Crippen molar-refractivity contribution in [2.75, 3.05) is 20.1 Å². The Labute approximate surface area is 158 Å². The number of likely N-dealkylation sites (tertiary alicyclic amines) is 1. The minimum atomic E-state index is -0.317. The highest BCUT2D eigenvalue weighted by Crippen LogP contribution is 2.43. The number of para-hydroxylation sites is 1. The van der Waals surface area contributed by atoms with Crippen molar-refractivity contribution in [1.82, 2.24) is 9.80 Å². The van der Waals surface area contributed by atoms with E-state index in [0.29, 0.717) is 28.4 Å². The third kappa shape index (κ3) is 2.48. The van der Waals surface area contributed by atoms with Crippen LogP contribution in [0.4, 0.5) is 0 Å². The molecule has 2 saturated heterocycles. The lowest BCUT2D eigenvalue weighted by atomic mass is 9.94. The van der Waals surface area contributed by atoms with Crippen molar-refractivity contribution in [2.24, 2.45) is 0 Å². The molecule has 5 rings (SSSR count). The minimum absolute atomic E-state index is 0.0800. The Bertz CT molecular complexity index is 870. The molecule has 3 aliphatic rings. The first-order valence-electron chi connectivity index (χ1n) is 9.18. The monoisotopic (exact) mass is 368 g/mol. The summed E-state index contributed by atoms with van der Waals surface area (Å²) in [5, 5.41) is 0.559. The summed E-state index contributed by atoms with van der Waals surface area (Å²) >= 11 is 6.19. The van der Waals surface area contributed by atoms with Crippen LogP contribution in [0.2, 0.25) is 5.02 Å². The average Bonchev–Trinajstić information content (AvgIpc) is 2.82. The minimum Gasteiger partial charge on any atom is -0.456 e. The Kier molecular flexibility index (Phi) is 3.82. The summed E-state index contributed by atoms with van der Waals surface area (Å²) in [5.41, 5.74) is 1.53. The number of ketones is 1. The molecular formula is C21H21ClN2O2. The Morgan fingerprint density at radius 3 is 2.54 bits per heavy atom. The van der Waals surface area contributed by atoms with Crippen molar-refractivity contribution in [2.45, 2.75) is 31.0 Å². The van der Waals surface area contributed by atoms with Gasteiger partial charge in [-0.15, -0.1) is 0 Å². The molecule has 4 nitrogen and oxygen atoms in total. The number of piperazine rings is 1. The second-order valence-corrected chi connectivity index (χ2v) is 7.99. The largest absolute Gasteiger partial charge is 0.456 e. The van der Waals surface area contributed by atoms with Crippen LogP contribution < -0.4 is 4.74 Å². The van der Waals surface area contributed by atoms with Crippen LogP contribution in [-0.4, -0.2) is 47.8 Å². The highest BCUT2D eigenvalue weighted by Gasteiger charge is 2.43. The van der Waals surface area contributed by atoms with Crippen LogP contribution in [0.15, 0.2) is 42.5 Å². The SMILES string of the molecule is CN1C2CCC1CN(C1C(=O)c3cc(Cl)ccc3Oc3ccccc31)C2. The molecule has 5 heteroatoms. The molecule has 0 amide bonds. The number of hydrogen-bond acceptors (Lipinski definition) is 4. The van der Waals surface area contributed by atoms with Gasteiger partial charge in [0.1, 0.15) is 17.5 Å². The molecule has 26 heavy (non-hydrogen) atoms. The third-order valence-electron chi connectivity index (χ3n) is 6.13. The predicted octanol–water partition coefficient (Wildman–Crippen LogP) is 4.15. The predicted molar refractivity (Wildman–Crippen MR) is 101 cm³/mol. The van der Waals surface area contributed by atoms with Crippen molar-refractivity contribution in [3.8, 4) is 11.5 Å². The zero-order chi connectivity index (χ0) is 17.8. The number of carbonyl (C=O) groups excluding carboxylic acids is 1. The van der Waals surface area contributed by atoms with E-state index >= 15 is 0 Å². The maximum Gasteiger partial charge on any atom is 0.188 e. The molecule has 0 saturated carbocycles. The van der Waals surface area contributed by atoms with Crippen LogP contribution in [-0.2, 0) is 0 Å². The molecule has 3 unspecified atom stereocenters. The normalized spacial score (nSPS) is 28.2. The summed E-state index contributed by atoms with van der Waals surface area (Å²) in [6.45, 7) is 1.82. The van der Waals surface area contributed by atoms with Crippen molar-refractivity contribution in [3.05, 3.63) is 58.6 Å². The summed E-state index contributed by atoms with van der Waals surface area (Å²) in [4.78, 5) is 18.4. The molecule has 3 heterocycles. The van der Waals surface area contributed by atoms with Gasteiger partial charge < -0.3 is 4.74 Å². The van der Waals surface area contributed by atoms with Crippen LogP contribution in [0, 0.1) is 0 Å². The second-order valence-electron chi connectivity index (χ2n) is 7.55. The van der Waals surface area contributed by atoms with Gasteiger partial charge >= 0.3 is 0 Å². The molecule has 0 aliphatic carbocycles. The summed E-state index contributed by atoms with van der Waals surface area (Å²) in [5.74, 6) is 1.43. The Balaban J connectivity index is 1.62. The molecule has 134 valence electrons.